The third kappa shape index (κ3) is 2.46. The predicted molar refractivity (Wildman–Crippen MR) is 49.7 cm³/mol. The molecule has 0 saturated carbocycles. The highest BCUT2D eigenvalue weighted by Gasteiger charge is 2.34. The molecule has 1 amide bonds. The highest BCUT2D eigenvalue weighted by molar-refractivity contribution is 5.68. The van der Waals surface area contributed by atoms with Crippen molar-refractivity contribution in [3.63, 3.8) is 0 Å². The summed E-state index contributed by atoms with van der Waals surface area (Å²) in [6.45, 7) is 3.63. The van der Waals surface area contributed by atoms with Gasteiger partial charge in [-0.3, -0.25) is 0 Å². The molecule has 14 heavy (non-hydrogen) atoms. The number of nitrogens with zero attached hydrogens (tertiary/aromatic N) is 1. The van der Waals surface area contributed by atoms with Crippen molar-refractivity contribution in [3.8, 4) is 0 Å². The van der Waals surface area contributed by atoms with Crippen LogP contribution < -0.4 is 0 Å². The molecule has 80 valence electrons. The molecule has 1 saturated heterocycles. The van der Waals surface area contributed by atoms with E-state index < -0.39 is 12.2 Å². The van der Waals surface area contributed by atoms with Crippen LogP contribution in [0.5, 0.6) is 0 Å². The lowest BCUT2D eigenvalue weighted by Gasteiger charge is -2.21. The second kappa shape index (κ2) is 4.97. The maximum absolute atomic E-state index is 11.4. The van der Waals surface area contributed by atoms with Gasteiger partial charge in [0.2, 0.25) is 0 Å². The van der Waals surface area contributed by atoms with Crippen LogP contribution in [-0.4, -0.2) is 53.1 Å². The van der Waals surface area contributed by atoms with Gasteiger partial charge in [0, 0.05) is 0 Å². The molecular weight excluding hydrogens is 186 g/mol. The van der Waals surface area contributed by atoms with Crippen LogP contribution in [0.3, 0.4) is 0 Å². The lowest BCUT2D eigenvalue weighted by Crippen LogP contribution is -2.38. The van der Waals surface area contributed by atoms with E-state index in [9.17, 15) is 9.90 Å². The summed E-state index contributed by atoms with van der Waals surface area (Å²) >= 11 is 0. The third-order valence-corrected chi connectivity index (χ3v) is 2.16. The number of β-amino-alcohol motifs (C(OH)–C–C–N with tert-alkyl or cyclic N) is 1. The lowest BCUT2D eigenvalue weighted by molar-refractivity contribution is 0.0901. The first-order valence-corrected chi connectivity index (χ1v) is 4.52. The zero-order chi connectivity index (χ0) is 10.6. The fourth-order valence-electron chi connectivity index (χ4n) is 1.50. The van der Waals surface area contributed by atoms with Gasteiger partial charge in [0.1, 0.15) is 6.61 Å². The number of ether oxygens (including phenoxy) is 1. The van der Waals surface area contributed by atoms with Crippen molar-refractivity contribution in [2.75, 3.05) is 19.8 Å². The third-order valence-electron chi connectivity index (χ3n) is 2.16. The van der Waals surface area contributed by atoms with Gasteiger partial charge in [0.05, 0.1) is 25.3 Å². The molecule has 2 N–H and O–H groups in total. The molecule has 5 heteroatoms. The standard InChI is InChI=1S/C9H15NO4/c1-2-3-14-9(13)10-5-8(12)4-7(10)6-11/h2,7-8,11-12H,1,3-6H2. The minimum Gasteiger partial charge on any atom is -0.445 e. The van der Waals surface area contributed by atoms with E-state index >= 15 is 0 Å². The summed E-state index contributed by atoms with van der Waals surface area (Å²) in [6, 6.07) is -0.331. The van der Waals surface area contributed by atoms with Gasteiger partial charge in [-0.15, -0.1) is 0 Å². The molecule has 1 aliphatic heterocycles. The normalized spacial score (nSPS) is 26.3. The molecule has 1 rings (SSSR count). The van der Waals surface area contributed by atoms with Crippen LogP contribution in [0.1, 0.15) is 6.42 Å². The van der Waals surface area contributed by atoms with Crippen molar-refractivity contribution in [3.05, 3.63) is 12.7 Å². The summed E-state index contributed by atoms with van der Waals surface area (Å²) in [5.41, 5.74) is 0. The SMILES string of the molecule is C=CCOC(=O)N1CC(O)CC1CO. The van der Waals surface area contributed by atoms with Gasteiger partial charge in [-0.05, 0) is 6.42 Å². The number of aliphatic hydroxyl groups excluding tert-OH is 2. The number of hydrogen-bond acceptors (Lipinski definition) is 4. The minimum atomic E-state index is -0.566. The zero-order valence-electron chi connectivity index (χ0n) is 7.93. The minimum absolute atomic E-state index is 0.142. The van der Waals surface area contributed by atoms with Gasteiger partial charge in [0.15, 0.2) is 0 Å². The monoisotopic (exact) mass is 201 g/mol. The van der Waals surface area contributed by atoms with Crippen LogP contribution >= 0.6 is 0 Å². The molecule has 0 spiro atoms. The van der Waals surface area contributed by atoms with Crippen molar-refractivity contribution in [2.45, 2.75) is 18.6 Å². The number of rotatable bonds is 3. The molecule has 0 aromatic carbocycles. The van der Waals surface area contributed by atoms with Crippen LogP contribution in [0.15, 0.2) is 12.7 Å². The number of hydrogen-bond donors (Lipinski definition) is 2. The lowest BCUT2D eigenvalue weighted by atomic mass is 10.2. The van der Waals surface area contributed by atoms with Gasteiger partial charge in [-0.1, -0.05) is 12.7 Å². The van der Waals surface area contributed by atoms with Gasteiger partial charge >= 0.3 is 6.09 Å². The quantitative estimate of drug-likeness (QED) is 0.617. The van der Waals surface area contributed by atoms with Crippen LogP contribution in [-0.2, 0) is 4.74 Å². The highest BCUT2D eigenvalue weighted by atomic mass is 16.6. The van der Waals surface area contributed by atoms with E-state index in [1.165, 1.54) is 11.0 Å². The average Bonchev–Trinajstić information content (AvgIpc) is 2.56. The van der Waals surface area contributed by atoms with Gasteiger partial charge in [-0.25, -0.2) is 4.79 Å². The molecule has 0 bridgehead atoms. The van der Waals surface area contributed by atoms with E-state index in [0.717, 1.165) is 0 Å². The molecular formula is C9H15NO4. The predicted octanol–water partition coefficient (Wildman–Crippen LogP) is -0.263. The number of likely N-dealkylation sites (tertiary alicyclic amines) is 1. The van der Waals surface area contributed by atoms with Gasteiger partial charge in [0.25, 0.3) is 0 Å². The zero-order valence-corrected chi connectivity index (χ0v) is 7.93. The summed E-state index contributed by atoms with van der Waals surface area (Å²) in [6.07, 6.45) is 0.793. The van der Waals surface area contributed by atoms with Gasteiger partial charge in [-0.2, -0.15) is 0 Å². The Kier molecular flexibility index (Phi) is 3.91. The molecule has 0 aromatic heterocycles. The molecule has 2 atom stereocenters. The first-order valence-electron chi connectivity index (χ1n) is 4.52. The molecule has 0 aromatic rings. The number of carbonyl (C=O) groups is 1. The van der Waals surface area contributed by atoms with E-state index in [1.54, 1.807) is 0 Å². The maximum atomic E-state index is 11.4. The van der Waals surface area contributed by atoms with Crippen LogP contribution in [0.4, 0.5) is 4.79 Å². The summed E-state index contributed by atoms with van der Waals surface area (Å²) in [7, 11) is 0. The number of aliphatic hydroxyl groups is 2. The second-order valence-corrected chi connectivity index (χ2v) is 3.24. The van der Waals surface area contributed by atoms with Crippen LogP contribution in [0.25, 0.3) is 0 Å². The average molecular weight is 201 g/mol. The fourth-order valence-corrected chi connectivity index (χ4v) is 1.50. The molecule has 1 aliphatic rings. The Labute approximate surface area is 82.6 Å². The Balaban J connectivity index is 2.48. The van der Waals surface area contributed by atoms with Crippen molar-refractivity contribution in [1.29, 1.82) is 0 Å². The second-order valence-electron chi connectivity index (χ2n) is 3.24. The summed E-state index contributed by atoms with van der Waals surface area (Å²) < 4.78 is 4.80. The first kappa shape index (κ1) is 11.0. The summed E-state index contributed by atoms with van der Waals surface area (Å²) in [5, 5.41) is 18.2. The smallest absolute Gasteiger partial charge is 0.410 e. The highest BCUT2D eigenvalue weighted by Crippen LogP contribution is 2.18. The number of carbonyl (C=O) groups excluding carboxylic acids is 1. The molecule has 5 nitrogen and oxygen atoms in total. The van der Waals surface area contributed by atoms with Crippen molar-refractivity contribution >= 4 is 6.09 Å². The van der Waals surface area contributed by atoms with Crippen LogP contribution in [0, 0.1) is 0 Å². The fraction of sp³-hybridized carbons (Fsp3) is 0.667. The molecule has 1 fully saturated rings. The Bertz CT molecular complexity index is 219. The first-order chi connectivity index (χ1) is 6.69. The topological polar surface area (TPSA) is 70.0 Å². The van der Waals surface area contributed by atoms with E-state index in [4.69, 9.17) is 9.84 Å². The molecule has 0 aliphatic carbocycles. The van der Waals surface area contributed by atoms with Crippen LogP contribution in [0.2, 0.25) is 0 Å². The van der Waals surface area contributed by atoms with Crippen molar-refractivity contribution in [2.24, 2.45) is 0 Å². The Morgan fingerprint density at radius 3 is 3.00 bits per heavy atom. The van der Waals surface area contributed by atoms with Crippen molar-refractivity contribution in [1.82, 2.24) is 4.90 Å². The van der Waals surface area contributed by atoms with Crippen molar-refractivity contribution < 1.29 is 19.7 Å². The Morgan fingerprint density at radius 2 is 2.43 bits per heavy atom. The Morgan fingerprint density at radius 1 is 1.71 bits per heavy atom. The summed E-state index contributed by atoms with van der Waals surface area (Å²) in [5.74, 6) is 0. The molecule has 0 radical (unpaired) electrons. The van der Waals surface area contributed by atoms with Gasteiger partial charge < -0.3 is 19.8 Å². The summed E-state index contributed by atoms with van der Waals surface area (Å²) in [4.78, 5) is 12.7. The van der Waals surface area contributed by atoms with E-state index in [0.29, 0.717) is 6.42 Å². The van der Waals surface area contributed by atoms with E-state index in [1.807, 2.05) is 0 Å². The van der Waals surface area contributed by atoms with E-state index in [2.05, 4.69) is 6.58 Å². The van der Waals surface area contributed by atoms with E-state index in [-0.39, 0.29) is 25.8 Å². The molecule has 2 unspecified atom stereocenters. The maximum Gasteiger partial charge on any atom is 0.410 e. The largest absolute Gasteiger partial charge is 0.445 e. The Hall–Kier alpha value is -1.07. The number of amides is 1. The molecule has 1 heterocycles.